The molecule has 1 unspecified atom stereocenters. The molecule has 1 aliphatic rings. The first kappa shape index (κ1) is 9.66. The molecule has 0 fully saturated rings. The Hall–Kier alpha value is -0.890. The Morgan fingerprint density at radius 2 is 2.07 bits per heavy atom. The molecule has 0 saturated carbocycles. The quantitative estimate of drug-likeness (QED) is 0.784. The van der Waals surface area contributed by atoms with E-state index in [1.807, 2.05) is 12.1 Å². The van der Waals surface area contributed by atoms with Crippen LogP contribution >= 0.6 is 0 Å². The van der Waals surface area contributed by atoms with Gasteiger partial charge < -0.3 is 5.73 Å². The molecule has 0 aromatic heterocycles. The minimum Gasteiger partial charge on any atom is -0.330 e. The predicted octanol–water partition coefficient (Wildman–Crippen LogP) is 2.53. The van der Waals surface area contributed by atoms with Crippen molar-refractivity contribution in [1.29, 1.82) is 0 Å². The second-order valence-corrected chi connectivity index (χ2v) is 3.93. The molecule has 1 aromatic carbocycles. The maximum absolute atomic E-state index is 13.5. The van der Waals surface area contributed by atoms with Crippen LogP contribution in [0, 0.1) is 0 Å². The van der Waals surface area contributed by atoms with Crippen LogP contribution in [0.15, 0.2) is 18.2 Å². The van der Waals surface area contributed by atoms with Crippen LogP contribution in [0.3, 0.4) is 0 Å². The highest BCUT2D eigenvalue weighted by atomic mass is 19.1. The lowest BCUT2D eigenvalue weighted by Crippen LogP contribution is -2.04. The SMILES string of the molecule is NCCC(F)c1ccc2c(c1)CCC2. The van der Waals surface area contributed by atoms with E-state index in [1.54, 1.807) is 0 Å². The molecule has 2 heteroatoms. The number of rotatable bonds is 3. The van der Waals surface area contributed by atoms with Crippen molar-refractivity contribution in [3.05, 3.63) is 34.9 Å². The van der Waals surface area contributed by atoms with Gasteiger partial charge in [-0.15, -0.1) is 0 Å². The third kappa shape index (κ3) is 1.80. The van der Waals surface area contributed by atoms with Crippen molar-refractivity contribution in [2.45, 2.75) is 31.9 Å². The fourth-order valence-electron chi connectivity index (χ4n) is 2.10. The lowest BCUT2D eigenvalue weighted by molar-refractivity contribution is 0.327. The van der Waals surface area contributed by atoms with Crippen molar-refractivity contribution in [1.82, 2.24) is 0 Å². The Bertz CT molecular complexity index is 322. The van der Waals surface area contributed by atoms with Crippen molar-refractivity contribution >= 4 is 0 Å². The summed E-state index contributed by atoms with van der Waals surface area (Å²) >= 11 is 0. The molecule has 0 radical (unpaired) electrons. The average Bonchev–Trinajstić information content (AvgIpc) is 2.64. The largest absolute Gasteiger partial charge is 0.330 e. The van der Waals surface area contributed by atoms with Gasteiger partial charge in [-0.2, -0.15) is 0 Å². The van der Waals surface area contributed by atoms with Crippen LogP contribution in [0.5, 0.6) is 0 Å². The van der Waals surface area contributed by atoms with Gasteiger partial charge in [-0.1, -0.05) is 18.2 Å². The van der Waals surface area contributed by atoms with E-state index in [1.165, 1.54) is 17.5 Å². The molecule has 0 aliphatic heterocycles. The van der Waals surface area contributed by atoms with Gasteiger partial charge in [0, 0.05) is 0 Å². The van der Waals surface area contributed by atoms with Gasteiger partial charge in [-0.25, -0.2) is 4.39 Å². The number of alkyl halides is 1. The van der Waals surface area contributed by atoms with E-state index in [2.05, 4.69) is 6.07 Å². The van der Waals surface area contributed by atoms with E-state index >= 15 is 0 Å². The van der Waals surface area contributed by atoms with E-state index in [4.69, 9.17) is 5.73 Å². The summed E-state index contributed by atoms with van der Waals surface area (Å²) in [6.07, 6.45) is 3.03. The maximum atomic E-state index is 13.5. The maximum Gasteiger partial charge on any atom is 0.126 e. The first-order chi connectivity index (χ1) is 6.81. The van der Waals surface area contributed by atoms with Crippen molar-refractivity contribution in [3.63, 3.8) is 0 Å². The summed E-state index contributed by atoms with van der Waals surface area (Å²) in [5, 5.41) is 0. The van der Waals surface area contributed by atoms with Gasteiger partial charge in [0.05, 0.1) is 0 Å². The van der Waals surface area contributed by atoms with Gasteiger partial charge in [0.1, 0.15) is 6.17 Å². The first-order valence-electron chi connectivity index (χ1n) is 5.27. The lowest BCUT2D eigenvalue weighted by Gasteiger charge is -2.08. The first-order valence-corrected chi connectivity index (χ1v) is 5.27. The number of nitrogens with two attached hydrogens (primary N) is 1. The molecule has 76 valence electrons. The predicted molar refractivity (Wildman–Crippen MR) is 56.0 cm³/mol. The summed E-state index contributed by atoms with van der Waals surface area (Å²) < 4.78 is 13.5. The van der Waals surface area contributed by atoms with Crippen LogP contribution in [-0.2, 0) is 12.8 Å². The minimum atomic E-state index is -0.883. The van der Waals surface area contributed by atoms with Gasteiger partial charge in [-0.3, -0.25) is 0 Å². The van der Waals surface area contributed by atoms with Crippen LogP contribution in [0.2, 0.25) is 0 Å². The van der Waals surface area contributed by atoms with E-state index < -0.39 is 6.17 Å². The molecule has 2 rings (SSSR count). The van der Waals surface area contributed by atoms with E-state index in [0.29, 0.717) is 13.0 Å². The molecule has 0 spiro atoms. The third-order valence-electron chi connectivity index (χ3n) is 2.90. The molecule has 0 amide bonds. The second kappa shape index (κ2) is 4.09. The molecule has 0 saturated heterocycles. The highest BCUT2D eigenvalue weighted by Crippen LogP contribution is 2.27. The highest BCUT2D eigenvalue weighted by Gasteiger charge is 2.14. The normalized spacial score (nSPS) is 16.7. The van der Waals surface area contributed by atoms with Crippen LogP contribution in [0.4, 0.5) is 4.39 Å². The molecule has 2 N–H and O–H groups in total. The number of fused-ring (bicyclic) bond motifs is 1. The summed E-state index contributed by atoms with van der Waals surface area (Å²) in [7, 11) is 0. The lowest BCUT2D eigenvalue weighted by atomic mass is 10.0. The number of hydrogen-bond donors (Lipinski definition) is 1. The highest BCUT2D eigenvalue weighted by molar-refractivity contribution is 5.36. The van der Waals surface area contributed by atoms with E-state index in [-0.39, 0.29) is 0 Å². The zero-order valence-electron chi connectivity index (χ0n) is 8.30. The van der Waals surface area contributed by atoms with Crippen molar-refractivity contribution < 1.29 is 4.39 Å². The molecule has 1 nitrogen and oxygen atoms in total. The zero-order valence-corrected chi connectivity index (χ0v) is 8.30. The van der Waals surface area contributed by atoms with E-state index in [9.17, 15) is 4.39 Å². The van der Waals surface area contributed by atoms with Crippen LogP contribution in [0.1, 0.15) is 35.7 Å². The second-order valence-electron chi connectivity index (χ2n) is 3.93. The minimum absolute atomic E-state index is 0.415. The van der Waals surface area contributed by atoms with Gasteiger partial charge in [0.2, 0.25) is 0 Å². The molecule has 0 heterocycles. The van der Waals surface area contributed by atoms with E-state index in [0.717, 1.165) is 18.4 Å². The topological polar surface area (TPSA) is 26.0 Å². The Morgan fingerprint density at radius 3 is 2.86 bits per heavy atom. The van der Waals surface area contributed by atoms with Crippen LogP contribution in [-0.4, -0.2) is 6.54 Å². The van der Waals surface area contributed by atoms with Gasteiger partial charge in [0.25, 0.3) is 0 Å². The molecule has 0 bridgehead atoms. The number of hydrogen-bond acceptors (Lipinski definition) is 1. The van der Waals surface area contributed by atoms with Crippen LogP contribution < -0.4 is 5.73 Å². The van der Waals surface area contributed by atoms with Gasteiger partial charge >= 0.3 is 0 Å². The summed E-state index contributed by atoms with van der Waals surface area (Å²) in [5.74, 6) is 0. The standard InChI is InChI=1S/C12H16FN/c13-12(6-7-14)11-5-4-9-2-1-3-10(9)8-11/h4-5,8,12H,1-3,6-7,14H2. The number of aryl methyl sites for hydroxylation is 2. The van der Waals surface area contributed by atoms with Crippen LogP contribution in [0.25, 0.3) is 0 Å². The summed E-state index contributed by atoms with van der Waals surface area (Å²) in [6, 6.07) is 5.99. The smallest absolute Gasteiger partial charge is 0.126 e. The van der Waals surface area contributed by atoms with Gasteiger partial charge in [0.15, 0.2) is 0 Å². The molecule has 1 aliphatic carbocycles. The average molecular weight is 193 g/mol. The molecule has 1 aromatic rings. The monoisotopic (exact) mass is 193 g/mol. The molecule has 14 heavy (non-hydrogen) atoms. The Labute approximate surface area is 84.1 Å². The Balaban J connectivity index is 2.19. The number of benzene rings is 1. The summed E-state index contributed by atoms with van der Waals surface area (Å²) in [4.78, 5) is 0. The number of halogens is 1. The molecular weight excluding hydrogens is 177 g/mol. The van der Waals surface area contributed by atoms with Crippen molar-refractivity contribution in [2.24, 2.45) is 5.73 Å². The fraction of sp³-hybridized carbons (Fsp3) is 0.500. The fourth-order valence-corrected chi connectivity index (χ4v) is 2.10. The molecule has 1 atom stereocenters. The Kier molecular flexibility index (Phi) is 2.82. The molecular formula is C12H16FN. The summed E-state index contributed by atoms with van der Waals surface area (Å²) in [6.45, 7) is 0.415. The Morgan fingerprint density at radius 1 is 1.29 bits per heavy atom. The zero-order chi connectivity index (χ0) is 9.97. The van der Waals surface area contributed by atoms with Gasteiger partial charge in [-0.05, 0) is 48.9 Å². The third-order valence-corrected chi connectivity index (χ3v) is 2.90. The van der Waals surface area contributed by atoms with Crippen molar-refractivity contribution in [2.75, 3.05) is 6.54 Å². The van der Waals surface area contributed by atoms with Crippen molar-refractivity contribution in [3.8, 4) is 0 Å². The summed E-state index contributed by atoms with van der Waals surface area (Å²) in [5.41, 5.74) is 8.87.